The minimum Gasteiger partial charge on any atom is -0.385 e. The Morgan fingerprint density at radius 2 is 1.79 bits per heavy atom. The molecular formula is C17H40IN5O. The number of aliphatic imine (C=N–C) groups is 1. The van der Waals surface area contributed by atoms with Gasteiger partial charge in [-0.3, -0.25) is 9.89 Å². The molecule has 7 heteroatoms. The van der Waals surface area contributed by atoms with E-state index < -0.39 is 0 Å². The highest BCUT2D eigenvalue weighted by Gasteiger charge is 2.09. The molecule has 0 radical (unpaired) electrons. The predicted molar refractivity (Wildman–Crippen MR) is 116 cm³/mol. The van der Waals surface area contributed by atoms with E-state index in [1.807, 2.05) is 0 Å². The van der Waals surface area contributed by atoms with Crippen LogP contribution in [0.15, 0.2) is 4.99 Å². The first-order chi connectivity index (χ1) is 11.1. The van der Waals surface area contributed by atoms with Crippen molar-refractivity contribution >= 4 is 29.9 Å². The number of ether oxygens (including phenoxy) is 1. The van der Waals surface area contributed by atoms with Crippen LogP contribution in [0.3, 0.4) is 0 Å². The molecule has 0 bridgehead atoms. The third kappa shape index (κ3) is 13.2. The summed E-state index contributed by atoms with van der Waals surface area (Å²) in [5.41, 5.74) is 0. The van der Waals surface area contributed by atoms with E-state index in [9.17, 15) is 0 Å². The van der Waals surface area contributed by atoms with Crippen molar-refractivity contribution in [1.82, 2.24) is 20.4 Å². The zero-order valence-corrected chi connectivity index (χ0v) is 18.9. The Labute approximate surface area is 166 Å². The highest BCUT2D eigenvalue weighted by molar-refractivity contribution is 14.0. The lowest BCUT2D eigenvalue weighted by atomic mass is 10.3. The van der Waals surface area contributed by atoms with Crippen LogP contribution < -0.4 is 10.6 Å². The molecule has 0 rings (SSSR count). The van der Waals surface area contributed by atoms with Gasteiger partial charge in [0.25, 0.3) is 0 Å². The Bertz CT molecular complexity index is 301. The van der Waals surface area contributed by atoms with Crippen molar-refractivity contribution in [2.24, 2.45) is 4.99 Å². The van der Waals surface area contributed by atoms with E-state index in [4.69, 9.17) is 9.73 Å². The monoisotopic (exact) mass is 457 g/mol. The van der Waals surface area contributed by atoms with Gasteiger partial charge in [0.05, 0.1) is 6.54 Å². The second-order valence-corrected chi connectivity index (χ2v) is 5.87. The van der Waals surface area contributed by atoms with Crippen LogP contribution in [-0.4, -0.2) is 88.4 Å². The molecule has 146 valence electrons. The molecule has 0 aliphatic rings. The second kappa shape index (κ2) is 17.7. The van der Waals surface area contributed by atoms with Crippen LogP contribution in [0.1, 0.15) is 34.1 Å². The Hall–Kier alpha value is -0.120. The molecule has 24 heavy (non-hydrogen) atoms. The average molecular weight is 457 g/mol. The van der Waals surface area contributed by atoms with Crippen LogP contribution in [0.2, 0.25) is 0 Å². The molecule has 0 aliphatic heterocycles. The molecule has 0 saturated carbocycles. The summed E-state index contributed by atoms with van der Waals surface area (Å²) < 4.78 is 5.08. The van der Waals surface area contributed by atoms with Gasteiger partial charge in [0.15, 0.2) is 5.96 Å². The Morgan fingerprint density at radius 3 is 2.33 bits per heavy atom. The van der Waals surface area contributed by atoms with Gasteiger partial charge in [0.2, 0.25) is 0 Å². The molecule has 0 spiro atoms. The smallest absolute Gasteiger partial charge is 0.191 e. The molecule has 0 aromatic carbocycles. The van der Waals surface area contributed by atoms with Crippen molar-refractivity contribution in [3.63, 3.8) is 0 Å². The molecule has 0 amide bonds. The first-order valence-corrected chi connectivity index (χ1v) is 9.02. The number of hydrogen-bond donors (Lipinski definition) is 2. The van der Waals surface area contributed by atoms with Gasteiger partial charge in [-0.15, -0.1) is 24.0 Å². The predicted octanol–water partition coefficient (Wildman–Crippen LogP) is 1.86. The number of rotatable bonds is 13. The SMILES string of the molecule is CCNC(=NCC(C)N(CC)CC)NCCN(C)CCCOC.I. The van der Waals surface area contributed by atoms with E-state index in [2.05, 4.69) is 55.2 Å². The minimum absolute atomic E-state index is 0. The number of likely N-dealkylation sites (N-methyl/N-ethyl adjacent to an activating group) is 2. The maximum atomic E-state index is 5.08. The van der Waals surface area contributed by atoms with Crippen molar-refractivity contribution in [3.8, 4) is 0 Å². The summed E-state index contributed by atoms with van der Waals surface area (Å²) in [5.74, 6) is 0.914. The number of nitrogens with one attached hydrogen (secondary N) is 2. The molecule has 1 atom stereocenters. The number of methoxy groups -OCH3 is 1. The topological polar surface area (TPSA) is 52.1 Å². The van der Waals surface area contributed by atoms with Gasteiger partial charge in [-0.1, -0.05) is 13.8 Å². The van der Waals surface area contributed by atoms with E-state index in [-0.39, 0.29) is 24.0 Å². The van der Waals surface area contributed by atoms with Gasteiger partial charge in [-0.05, 0) is 40.4 Å². The number of halogens is 1. The van der Waals surface area contributed by atoms with Gasteiger partial charge in [0.1, 0.15) is 0 Å². The standard InChI is InChI=1S/C17H39N5O.HI/c1-7-18-17(20-15-16(4)22(8-2)9-3)19-11-13-21(5)12-10-14-23-6;/h16H,7-15H2,1-6H3,(H2,18,19,20);1H. The Morgan fingerprint density at radius 1 is 1.12 bits per heavy atom. The van der Waals surface area contributed by atoms with E-state index in [1.165, 1.54) is 0 Å². The van der Waals surface area contributed by atoms with E-state index in [0.29, 0.717) is 6.04 Å². The lowest BCUT2D eigenvalue weighted by Crippen LogP contribution is -2.42. The van der Waals surface area contributed by atoms with E-state index in [1.54, 1.807) is 7.11 Å². The molecule has 0 aromatic rings. The summed E-state index contributed by atoms with van der Waals surface area (Å²) in [4.78, 5) is 9.46. The van der Waals surface area contributed by atoms with Crippen LogP contribution in [0.25, 0.3) is 0 Å². The molecule has 0 aromatic heterocycles. The normalized spacial score (nSPS) is 13.1. The quantitative estimate of drug-likeness (QED) is 0.191. The van der Waals surface area contributed by atoms with Crippen LogP contribution in [-0.2, 0) is 4.74 Å². The average Bonchev–Trinajstić information content (AvgIpc) is 2.54. The van der Waals surface area contributed by atoms with Crippen molar-refractivity contribution in [1.29, 1.82) is 0 Å². The zero-order chi connectivity index (χ0) is 17.5. The van der Waals surface area contributed by atoms with Gasteiger partial charge >= 0.3 is 0 Å². The number of guanidine groups is 1. The van der Waals surface area contributed by atoms with Gasteiger partial charge in [-0.2, -0.15) is 0 Å². The van der Waals surface area contributed by atoms with Crippen LogP contribution in [0.4, 0.5) is 0 Å². The number of nitrogens with zero attached hydrogens (tertiary/aromatic N) is 3. The fraction of sp³-hybridized carbons (Fsp3) is 0.941. The van der Waals surface area contributed by atoms with E-state index >= 15 is 0 Å². The fourth-order valence-corrected chi connectivity index (χ4v) is 2.48. The van der Waals surface area contributed by atoms with Gasteiger partial charge in [-0.25, -0.2) is 0 Å². The lowest BCUT2D eigenvalue weighted by Gasteiger charge is -2.25. The Kier molecular flexibility index (Phi) is 19.3. The van der Waals surface area contributed by atoms with Crippen molar-refractivity contribution in [2.75, 3.05) is 66.6 Å². The molecular weight excluding hydrogens is 417 g/mol. The highest BCUT2D eigenvalue weighted by atomic mass is 127. The van der Waals surface area contributed by atoms with Crippen molar-refractivity contribution < 1.29 is 4.74 Å². The van der Waals surface area contributed by atoms with Gasteiger partial charge in [0, 0.05) is 45.9 Å². The largest absolute Gasteiger partial charge is 0.385 e. The summed E-state index contributed by atoms with van der Waals surface area (Å²) in [7, 11) is 3.89. The Balaban J connectivity index is 0. The molecule has 0 heterocycles. The van der Waals surface area contributed by atoms with Crippen LogP contribution in [0, 0.1) is 0 Å². The summed E-state index contributed by atoms with van der Waals surface area (Å²) >= 11 is 0. The number of hydrogen-bond acceptors (Lipinski definition) is 4. The first kappa shape index (κ1) is 26.1. The third-order valence-electron chi connectivity index (χ3n) is 3.97. The minimum atomic E-state index is 0. The molecule has 2 N–H and O–H groups in total. The molecule has 6 nitrogen and oxygen atoms in total. The fourth-order valence-electron chi connectivity index (χ4n) is 2.48. The summed E-state index contributed by atoms with van der Waals surface area (Å²) in [6.45, 7) is 16.4. The maximum Gasteiger partial charge on any atom is 0.191 e. The highest BCUT2D eigenvalue weighted by Crippen LogP contribution is 1.98. The summed E-state index contributed by atoms with van der Waals surface area (Å²) in [5, 5.41) is 6.74. The van der Waals surface area contributed by atoms with Gasteiger partial charge < -0.3 is 20.3 Å². The maximum absolute atomic E-state index is 5.08. The zero-order valence-electron chi connectivity index (χ0n) is 16.6. The van der Waals surface area contributed by atoms with Crippen molar-refractivity contribution in [3.05, 3.63) is 0 Å². The molecule has 0 aliphatic carbocycles. The molecule has 1 unspecified atom stereocenters. The summed E-state index contributed by atoms with van der Waals surface area (Å²) in [6.07, 6.45) is 1.07. The molecule has 0 fully saturated rings. The second-order valence-electron chi connectivity index (χ2n) is 5.87. The van der Waals surface area contributed by atoms with Crippen LogP contribution in [0.5, 0.6) is 0 Å². The van der Waals surface area contributed by atoms with Crippen molar-refractivity contribution in [2.45, 2.75) is 40.2 Å². The van der Waals surface area contributed by atoms with E-state index in [0.717, 1.165) is 64.8 Å². The first-order valence-electron chi connectivity index (χ1n) is 9.02. The summed E-state index contributed by atoms with van der Waals surface area (Å²) in [6, 6.07) is 0.470. The third-order valence-corrected chi connectivity index (χ3v) is 3.97. The molecule has 0 saturated heterocycles. The lowest BCUT2D eigenvalue weighted by molar-refractivity contribution is 0.180. The van der Waals surface area contributed by atoms with Crippen LogP contribution >= 0.6 is 24.0 Å².